The summed E-state index contributed by atoms with van der Waals surface area (Å²) in [7, 11) is 1.64. The van der Waals surface area contributed by atoms with Gasteiger partial charge in [0.15, 0.2) is 0 Å². The van der Waals surface area contributed by atoms with Gasteiger partial charge in [-0.15, -0.1) is 0 Å². The summed E-state index contributed by atoms with van der Waals surface area (Å²) in [5.41, 5.74) is 3.52. The molecule has 0 aliphatic heterocycles. The van der Waals surface area contributed by atoms with Gasteiger partial charge in [0.05, 0.1) is 18.4 Å². The van der Waals surface area contributed by atoms with E-state index >= 15 is 0 Å². The third kappa shape index (κ3) is 3.06. The quantitative estimate of drug-likeness (QED) is 0.508. The van der Waals surface area contributed by atoms with Gasteiger partial charge in [-0.2, -0.15) is 0 Å². The van der Waals surface area contributed by atoms with Crippen LogP contribution in [0, 0.1) is 0 Å². The van der Waals surface area contributed by atoms with E-state index < -0.39 is 5.97 Å². The number of carbonyl (C=O) groups excluding carboxylic acids is 1. The number of methoxy groups -OCH3 is 1. The van der Waals surface area contributed by atoms with Gasteiger partial charge in [0, 0.05) is 5.56 Å². The van der Waals surface area contributed by atoms with Gasteiger partial charge in [-0.25, -0.2) is 4.79 Å². The Morgan fingerprint density at radius 1 is 1.00 bits per heavy atom. The average molecular weight is 345 g/mol. The first-order chi connectivity index (χ1) is 12.8. The lowest BCUT2D eigenvalue weighted by Crippen LogP contribution is -2.14. The highest BCUT2D eigenvalue weighted by molar-refractivity contribution is 6.06. The Bertz CT molecular complexity index is 1000. The fraction of sp³-hybridized carbons (Fsp3) is 0.182. The number of benzene rings is 3. The van der Waals surface area contributed by atoms with Crippen molar-refractivity contribution in [2.75, 3.05) is 7.11 Å². The predicted molar refractivity (Wildman–Crippen MR) is 102 cm³/mol. The second kappa shape index (κ2) is 7.00. The Labute approximate surface area is 152 Å². The largest absolute Gasteiger partial charge is 0.497 e. The first-order valence-electron chi connectivity index (χ1n) is 8.69. The third-order valence-electron chi connectivity index (χ3n) is 4.74. The monoisotopic (exact) mass is 345 g/mol. The van der Waals surface area contributed by atoms with Crippen molar-refractivity contribution in [2.24, 2.45) is 5.16 Å². The van der Waals surface area contributed by atoms with Crippen LogP contribution in [-0.2, 0) is 11.3 Å². The summed E-state index contributed by atoms with van der Waals surface area (Å²) in [6, 6.07) is 19.3. The van der Waals surface area contributed by atoms with Crippen LogP contribution in [0.25, 0.3) is 10.8 Å². The minimum atomic E-state index is -0.440. The molecule has 3 aromatic carbocycles. The molecule has 26 heavy (non-hydrogen) atoms. The van der Waals surface area contributed by atoms with Gasteiger partial charge in [-0.1, -0.05) is 47.6 Å². The molecule has 0 heterocycles. The fourth-order valence-corrected chi connectivity index (χ4v) is 3.39. The molecule has 0 unspecified atom stereocenters. The maximum atomic E-state index is 12.6. The van der Waals surface area contributed by atoms with Crippen LogP contribution >= 0.6 is 0 Å². The number of fused-ring (bicyclic) bond motifs is 2. The topological polar surface area (TPSA) is 47.9 Å². The zero-order valence-corrected chi connectivity index (χ0v) is 14.6. The number of rotatable bonds is 3. The van der Waals surface area contributed by atoms with Crippen molar-refractivity contribution < 1.29 is 14.4 Å². The van der Waals surface area contributed by atoms with Crippen LogP contribution in [0.2, 0.25) is 0 Å². The Hall–Kier alpha value is -3.14. The van der Waals surface area contributed by atoms with Crippen LogP contribution in [-0.4, -0.2) is 18.8 Å². The Morgan fingerprint density at radius 2 is 1.85 bits per heavy atom. The third-order valence-corrected chi connectivity index (χ3v) is 4.74. The summed E-state index contributed by atoms with van der Waals surface area (Å²) in [5, 5.41) is 6.06. The molecule has 1 aliphatic rings. The van der Waals surface area contributed by atoms with Crippen molar-refractivity contribution in [3.8, 4) is 5.75 Å². The number of hydrogen-bond acceptors (Lipinski definition) is 4. The van der Waals surface area contributed by atoms with E-state index in [1.807, 2.05) is 48.5 Å². The molecule has 4 heteroatoms. The van der Waals surface area contributed by atoms with Crippen LogP contribution in [0.15, 0.2) is 65.8 Å². The summed E-state index contributed by atoms with van der Waals surface area (Å²) in [4.78, 5) is 17.9. The molecule has 1 aliphatic carbocycles. The molecule has 4 nitrogen and oxygen atoms in total. The van der Waals surface area contributed by atoms with Crippen LogP contribution in [0.1, 0.15) is 34.3 Å². The number of aryl methyl sites for hydroxylation is 1. The molecule has 0 fully saturated rings. The van der Waals surface area contributed by atoms with E-state index in [0.29, 0.717) is 5.56 Å². The van der Waals surface area contributed by atoms with E-state index in [4.69, 9.17) is 9.57 Å². The van der Waals surface area contributed by atoms with Gasteiger partial charge in [0.25, 0.3) is 0 Å². The van der Waals surface area contributed by atoms with Crippen LogP contribution in [0.5, 0.6) is 5.75 Å². The van der Waals surface area contributed by atoms with Gasteiger partial charge in [0.1, 0.15) is 5.75 Å². The first kappa shape index (κ1) is 16.3. The van der Waals surface area contributed by atoms with Crippen LogP contribution in [0.3, 0.4) is 0 Å². The standard InChI is InChI=1S/C22H19NO3/c1-25-17-13-12-16-8-5-11-21(20(16)14-17)23-26-22(24)19-10-4-7-15-6-2-3-9-18(15)19/h2-4,6-7,9-10,12-14H,5,8,11H2,1H3. The fourth-order valence-electron chi connectivity index (χ4n) is 3.39. The molecular weight excluding hydrogens is 326 g/mol. The summed E-state index contributed by atoms with van der Waals surface area (Å²) in [5.74, 6) is 0.336. The lowest BCUT2D eigenvalue weighted by atomic mass is 9.90. The number of oxime groups is 1. The van der Waals surface area contributed by atoms with Crippen molar-refractivity contribution in [2.45, 2.75) is 19.3 Å². The second-order valence-corrected chi connectivity index (χ2v) is 6.32. The molecule has 0 bridgehead atoms. The number of hydrogen-bond donors (Lipinski definition) is 0. The molecule has 3 aromatic rings. The van der Waals surface area contributed by atoms with E-state index in [2.05, 4.69) is 11.2 Å². The van der Waals surface area contributed by atoms with Crippen molar-refractivity contribution in [3.63, 3.8) is 0 Å². The lowest BCUT2D eigenvalue weighted by molar-refractivity contribution is 0.0518. The molecule has 0 spiro atoms. The molecule has 0 N–H and O–H groups in total. The average Bonchev–Trinajstić information content (AvgIpc) is 2.71. The van der Waals surface area contributed by atoms with Gasteiger partial charge in [-0.05, 0) is 53.8 Å². The zero-order valence-electron chi connectivity index (χ0n) is 14.6. The maximum absolute atomic E-state index is 12.6. The summed E-state index contributed by atoms with van der Waals surface area (Å²) in [6.45, 7) is 0. The molecule has 130 valence electrons. The van der Waals surface area contributed by atoms with Gasteiger partial charge in [0.2, 0.25) is 0 Å². The Kier molecular flexibility index (Phi) is 4.40. The highest BCUT2D eigenvalue weighted by Gasteiger charge is 2.18. The van der Waals surface area contributed by atoms with E-state index in [9.17, 15) is 4.79 Å². The molecule has 4 rings (SSSR count). The van der Waals surface area contributed by atoms with E-state index in [-0.39, 0.29) is 0 Å². The van der Waals surface area contributed by atoms with Gasteiger partial charge in [-0.3, -0.25) is 0 Å². The van der Waals surface area contributed by atoms with Crippen molar-refractivity contribution in [1.82, 2.24) is 0 Å². The maximum Gasteiger partial charge on any atom is 0.366 e. The highest BCUT2D eigenvalue weighted by atomic mass is 16.7. The lowest BCUT2D eigenvalue weighted by Gasteiger charge is -2.18. The normalized spacial score (nSPS) is 14.9. The predicted octanol–water partition coefficient (Wildman–Crippen LogP) is 4.75. The summed E-state index contributed by atoms with van der Waals surface area (Å²) >= 11 is 0. The summed E-state index contributed by atoms with van der Waals surface area (Å²) in [6.07, 6.45) is 2.77. The van der Waals surface area contributed by atoms with E-state index in [0.717, 1.165) is 47.1 Å². The molecule has 0 radical (unpaired) electrons. The number of nitrogens with zero attached hydrogens (tertiary/aromatic N) is 1. The highest BCUT2D eigenvalue weighted by Crippen LogP contribution is 2.26. The molecule has 0 saturated carbocycles. The van der Waals surface area contributed by atoms with Gasteiger partial charge >= 0.3 is 5.97 Å². The van der Waals surface area contributed by atoms with Gasteiger partial charge < -0.3 is 9.57 Å². The SMILES string of the molecule is COc1ccc2c(c1)C(=NOC(=O)c1cccc3ccccc13)CCC2. The molecule has 0 amide bonds. The second-order valence-electron chi connectivity index (χ2n) is 6.32. The van der Waals surface area contributed by atoms with E-state index in [1.165, 1.54) is 5.56 Å². The zero-order chi connectivity index (χ0) is 17.9. The minimum Gasteiger partial charge on any atom is -0.497 e. The Morgan fingerprint density at radius 3 is 2.73 bits per heavy atom. The number of ether oxygens (including phenoxy) is 1. The Balaban J connectivity index is 1.64. The number of carbonyl (C=O) groups is 1. The van der Waals surface area contributed by atoms with Crippen LogP contribution in [0.4, 0.5) is 0 Å². The van der Waals surface area contributed by atoms with Crippen molar-refractivity contribution >= 4 is 22.5 Å². The molecule has 0 aromatic heterocycles. The molecule has 0 saturated heterocycles. The first-order valence-corrected chi connectivity index (χ1v) is 8.69. The summed E-state index contributed by atoms with van der Waals surface area (Å²) < 4.78 is 5.31. The molecular formula is C22H19NO3. The van der Waals surface area contributed by atoms with Crippen molar-refractivity contribution in [3.05, 3.63) is 77.4 Å². The minimum absolute atomic E-state index is 0.440. The molecule has 0 atom stereocenters. The smallest absolute Gasteiger partial charge is 0.366 e. The van der Waals surface area contributed by atoms with E-state index in [1.54, 1.807) is 13.2 Å². The van der Waals surface area contributed by atoms with Crippen LogP contribution < -0.4 is 4.74 Å². The van der Waals surface area contributed by atoms with Crippen molar-refractivity contribution in [1.29, 1.82) is 0 Å².